The second-order valence-corrected chi connectivity index (χ2v) is 14.0. The van der Waals surface area contributed by atoms with Crippen molar-refractivity contribution in [2.24, 2.45) is 23.7 Å². The monoisotopic (exact) mass is 491 g/mol. The van der Waals surface area contributed by atoms with Gasteiger partial charge in [0.1, 0.15) is 0 Å². The van der Waals surface area contributed by atoms with Gasteiger partial charge in [0.15, 0.2) is 5.78 Å². The molecule has 2 aromatic carbocycles. The molecule has 168 valence electrons. The van der Waals surface area contributed by atoms with E-state index in [1.165, 1.54) is 36.8 Å². The summed E-state index contributed by atoms with van der Waals surface area (Å²) in [6.45, 7) is 0. The summed E-state index contributed by atoms with van der Waals surface area (Å²) in [5, 5.41) is 0. The number of carbonyl (C=O) groups excluding carboxylic acids is 1. The van der Waals surface area contributed by atoms with Crippen LogP contribution in [-0.4, -0.2) is 28.7 Å². The molecule has 0 spiro atoms. The Morgan fingerprint density at radius 3 is 1.75 bits per heavy atom. The fraction of sp³-hybridized carbons (Fsp3) is 0.435. The van der Waals surface area contributed by atoms with E-state index in [0.717, 1.165) is 37.5 Å². The molecule has 5 aliphatic rings. The number of halogens is 1. The minimum atomic E-state index is -3.98. The van der Waals surface area contributed by atoms with Gasteiger partial charge in [0.2, 0.25) is 10.0 Å². The molecule has 0 heterocycles. The molecular weight excluding hydrogens is 470 g/mol. The first-order valence-electron chi connectivity index (χ1n) is 10.9. The van der Waals surface area contributed by atoms with Gasteiger partial charge in [-0.05, 0) is 91.2 Å². The molecule has 0 radical (unpaired) electrons. The van der Waals surface area contributed by atoms with Crippen molar-refractivity contribution in [2.45, 2.75) is 47.9 Å². The number of hydrogen-bond donors (Lipinski definition) is 1. The molecule has 7 rings (SSSR count). The topological polar surface area (TPSA) is 97.4 Å². The zero-order valence-corrected chi connectivity index (χ0v) is 19.5. The first-order chi connectivity index (χ1) is 15.1. The minimum absolute atomic E-state index is 0.0366. The highest BCUT2D eigenvalue weighted by atomic mass is 35.7. The Kier molecular flexibility index (Phi) is 4.48. The van der Waals surface area contributed by atoms with E-state index in [0.29, 0.717) is 23.0 Å². The smallest absolute Gasteiger partial charge is 0.261 e. The van der Waals surface area contributed by atoms with E-state index in [-0.39, 0.29) is 27.0 Å². The number of benzene rings is 2. The Morgan fingerprint density at radius 1 is 0.719 bits per heavy atom. The van der Waals surface area contributed by atoms with Crippen LogP contribution in [0.5, 0.6) is 0 Å². The zero-order valence-electron chi connectivity index (χ0n) is 17.1. The quantitative estimate of drug-likeness (QED) is 0.558. The highest BCUT2D eigenvalue weighted by Gasteiger charge is 2.49. The molecule has 2 aromatic rings. The fourth-order valence-electron chi connectivity index (χ4n) is 6.72. The molecule has 1 N–H and O–H groups in total. The average molecular weight is 492 g/mol. The third-order valence-electron chi connectivity index (χ3n) is 7.87. The third-order valence-corrected chi connectivity index (χ3v) is 10.7. The van der Waals surface area contributed by atoms with Crippen molar-refractivity contribution < 1.29 is 21.6 Å². The number of fused-ring (bicyclic) bond motifs is 3. The number of nitrogens with one attached hydrogen (secondary N) is 1. The van der Waals surface area contributed by atoms with Crippen molar-refractivity contribution in [3.63, 3.8) is 0 Å². The predicted octanol–water partition coefficient (Wildman–Crippen LogP) is 3.93. The molecule has 0 saturated heterocycles. The van der Waals surface area contributed by atoms with Crippen LogP contribution in [0, 0.1) is 23.7 Å². The van der Waals surface area contributed by atoms with E-state index >= 15 is 0 Å². The van der Waals surface area contributed by atoms with Gasteiger partial charge in [-0.15, -0.1) is 0 Å². The van der Waals surface area contributed by atoms with Crippen LogP contribution >= 0.6 is 10.7 Å². The van der Waals surface area contributed by atoms with Crippen molar-refractivity contribution in [2.75, 3.05) is 0 Å². The summed E-state index contributed by atoms with van der Waals surface area (Å²) in [6, 6.07) is 8.65. The third kappa shape index (κ3) is 3.18. The standard InChI is InChI=1S/C23H22ClNO5S2/c24-31(27,28)16-1-3-18-19-4-2-17(11-21(19)23(26)20(18)10-16)32(29,30)25-22-14-6-12-5-13(8-14)9-15(22)7-12/h1-4,10-15,22,25H,5-9H2. The summed E-state index contributed by atoms with van der Waals surface area (Å²) in [6.07, 6.45) is 5.70. The summed E-state index contributed by atoms with van der Waals surface area (Å²) in [4.78, 5) is 12.9. The lowest BCUT2D eigenvalue weighted by molar-refractivity contribution is -0.00557. The summed E-state index contributed by atoms with van der Waals surface area (Å²) >= 11 is 0. The van der Waals surface area contributed by atoms with Crippen LogP contribution in [0.15, 0.2) is 46.2 Å². The lowest BCUT2D eigenvalue weighted by atomic mass is 9.54. The normalized spacial score (nSPS) is 30.4. The van der Waals surface area contributed by atoms with Crippen LogP contribution in [0.1, 0.15) is 48.0 Å². The van der Waals surface area contributed by atoms with E-state index in [2.05, 4.69) is 4.72 Å². The van der Waals surface area contributed by atoms with Crippen molar-refractivity contribution in [3.8, 4) is 11.1 Å². The maximum Gasteiger partial charge on any atom is 0.261 e. The van der Waals surface area contributed by atoms with Crippen LogP contribution in [0.2, 0.25) is 0 Å². The van der Waals surface area contributed by atoms with Gasteiger partial charge in [-0.1, -0.05) is 12.1 Å². The van der Waals surface area contributed by atoms with Gasteiger partial charge in [0, 0.05) is 27.9 Å². The average Bonchev–Trinajstić information content (AvgIpc) is 3.01. The van der Waals surface area contributed by atoms with Crippen molar-refractivity contribution in [1.82, 2.24) is 4.72 Å². The first kappa shape index (κ1) is 20.8. The highest BCUT2D eigenvalue weighted by molar-refractivity contribution is 8.13. The lowest BCUT2D eigenvalue weighted by Gasteiger charge is -2.54. The second kappa shape index (κ2) is 6.88. The maximum atomic E-state index is 13.3. The van der Waals surface area contributed by atoms with E-state index in [4.69, 9.17) is 10.7 Å². The van der Waals surface area contributed by atoms with Gasteiger partial charge >= 0.3 is 0 Å². The SMILES string of the molecule is O=C1c2cc(S(=O)(=O)Cl)ccc2-c2ccc(S(=O)(=O)NC3C4CC5CC(C4)CC3C5)cc21. The van der Waals surface area contributed by atoms with Gasteiger partial charge in [-0.25, -0.2) is 21.6 Å². The largest absolute Gasteiger partial charge is 0.289 e. The molecule has 0 aliphatic heterocycles. The fourth-order valence-corrected chi connectivity index (χ4v) is 8.90. The van der Waals surface area contributed by atoms with Gasteiger partial charge in [0.25, 0.3) is 9.05 Å². The molecule has 4 saturated carbocycles. The molecule has 0 atom stereocenters. The Hall–Kier alpha value is -1.74. The van der Waals surface area contributed by atoms with Gasteiger partial charge in [-0.3, -0.25) is 4.79 Å². The molecule has 6 nitrogen and oxygen atoms in total. The summed E-state index contributed by atoms with van der Waals surface area (Å²) in [5.74, 6) is 1.89. The number of sulfonamides is 1. The van der Waals surface area contributed by atoms with E-state index in [1.54, 1.807) is 6.07 Å². The molecular formula is C23H22ClNO5S2. The number of hydrogen-bond acceptors (Lipinski definition) is 5. The summed E-state index contributed by atoms with van der Waals surface area (Å²) < 4.78 is 52.8. The number of ketones is 1. The van der Waals surface area contributed by atoms with Crippen LogP contribution in [0.3, 0.4) is 0 Å². The summed E-state index contributed by atoms with van der Waals surface area (Å²) in [7, 11) is -2.34. The van der Waals surface area contributed by atoms with Gasteiger partial charge in [0.05, 0.1) is 9.79 Å². The minimum Gasteiger partial charge on any atom is -0.289 e. The molecule has 32 heavy (non-hydrogen) atoms. The lowest BCUT2D eigenvalue weighted by Crippen LogP contribution is -2.55. The Bertz CT molecular complexity index is 1360. The van der Waals surface area contributed by atoms with E-state index < -0.39 is 24.9 Å². The molecule has 0 amide bonds. The van der Waals surface area contributed by atoms with Gasteiger partial charge in [-0.2, -0.15) is 0 Å². The zero-order chi connectivity index (χ0) is 22.4. The highest BCUT2D eigenvalue weighted by Crippen LogP contribution is 2.54. The van der Waals surface area contributed by atoms with E-state index in [9.17, 15) is 21.6 Å². The van der Waals surface area contributed by atoms with Crippen LogP contribution in [-0.2, 0) is 19.1 Å². The van der Waals surface area contributed by atoms with Crippen molar-refractivity contribution in [3.05, 3.63) is 47.5 Å². The molecule has 0 aromatic heterocycles. The Labute approximate surface area is 191 Å². The van der Waals surface area contributed by atoms with Crippen molar-refractivity contribution in [1.29, 1.82) is 0 Å². The molecule has 4 fully saturated rings. The summed E-state index contributed by atoms with van der Waals surface area (Å²) in [5.41, 5.74) is 1.64. The van der Waals surface area contributed by atoms with Crippen molar-refractivity contribution >= 4 is 35.5 Å². The van der Waals surface area contributed by atoms with E-state index in [1.807, 2.05) is 0 Å². The Balaban J connectivity index is 1.32. The molecule has 5 aliphatic carbocycles. The molecule has 0 unspecified atom stereocenters. The van der Waals surface area contributed by atoms with Crippen LogP contribution < -0.4 is 4.72 Å². The first-order valence-corrected chi connectivity index (χ1v) is 14.7. The predicted molar refractivity (Wildman–Crippen MR) is 120 cm³/mol. The second-order valence-electron chi connectivity index (χ2n) is 9.76. The van der Waals surface area contributed by atoms with Crippen LogP contribution in [0.4, 0.5) is 0 Å². The maximum absolute atomic E-state index is 13.3. The number of carbonyl (C=O) groups is 1. The molecule has 9 heteroatoms. The number of rotatable bonds is 4. The molecule has 4 bridgehead atoms. The van der Waals surface area contributed by atoms with Gasteiger partial charge < -0.3 is 0 Å². The van der Waals surface area contributed by atoms with Crippen LogP contribution in [0.25, 0.3) is 11.1 Å². The Morgan fingerprint density at radius 2 is 1.22 bits per heavy atom.